The van der Waals surface area contributed by atoms with Gasteiger partial charge in [-0.25, -0.2) is 0 Å². The topological polar surface area (TPSA) is 41.6 Å². The first-order chi connectivity index (χ1) is 12.2. The summed E-state index contributed by atoms with van der Waals surface area (Å²) in [7, 11) is 1.68. The number of hydrogen-bond donors (Lipinski definition) is 1. The maximum Gasteiger partial charge on any atom is 0.251 e. The van der Waals surface area contributed by atoms with Gasteiger partial charge in [-0.15, -0.1) is 0 Å². The van der Waals surface area contributed by atoms with Crippen LogP contribution in [0.3, 0.4) is 0 Å². The Labute approximate surface area is 162 Å². The van der Waals surface area contributed by atoms with E-state index in [-0.39, 0.29) is 11.9 Å². The van der Waals surface area contributed by atoms with E-state index in [1.165, 1.54) is 18.4 Å². The minimum absolute atomic E-state index is 0.0174. The molecule has 1 heterocycles. The molecule has 25 heavy (non-hydrogen) atoms. The number of amides is 1. The summed E-state index contributed by atoms with van der Waals surface area (Å²) in [6.45, 7) is 2.77. The Bertz CT molecular complexity index is 712. The zero-order valence-electron chi connectivity index (χ0n) is 14.4. The van der Waals surface area contributed by atoms with Crippen LogP contribution in [0, 0.1) is 3.57 Å². The molecule has 0 saturated carbocycles. The molecule has 1 aliphatic heterocycles. The third kappa shape index (κ3) is 4.73. The van der Waals surface area contributed by atoms with Crippen LogP contribution in [0.2, 0.25) is 0 Å². The summed E-state index contributed by atoms with van der Waals surface area (Å²) in [5, 5.41) is 3.12. The Morgan fingerprint density at radius 3 is 2.56 bits per heavy atom. The second-order valence-electron chi connectivity index (χ2n) is 6.25. The number of hydrogen-bond acceptors (Lipinski definition) is 3. The summed E-state index contributed by atoms with van der Waals surface area (Å²) in [5.41, 5.74) is 1.92. The van der Waals surface area contributed by atoms with Crippen molar-refractivity contribution in [2.24, 2.45) is 0 Å². The molecule has 1 fully saturated rings. The maximum atomic E-state index is 12.5. The van der Waals surface area contributed by atoms with Crippen LogP contribution in [-0.2, 0) is 0 Å². The minimum atomic E-state index is -0.0174. The van der Waals surface area contributed by atoms with Crippen molar-refractivity contribution < 1.29 is 9.53 Å². The Morgan fingerprint density at radius 2 is 1.92 bits per heavy atom. The van der Waals surface area contributed by atoms with Gasteiger partial charge in [0.05, 0.1) is 13.2 Å². The number of nitrogens with zero attached hydrogens (tertiary/aromatic N) is 1. The average Bonchev–Trinajstić information content (AvgIpc) is 3.16. The van der Waals surface area contributed by atoms with E-state index in [1.807, 2.05) is 36.4 Å². The number of benzene rings is 2. The predicted octanol–water partition coefficient (Wildman–Crippen LogP) is 3.87. The fraction of sp³-hybridized carbons (Fsp3) is 0.350. The van der Waals surface area contributed by atoms with Crippen LogP contribution in [-0.4, -0.2) is 37.6 Å². The van der Waals surface area contributed by atoms with E-state index in [4.69, 9.17) is 4.74 Å². The normalized spacial score (nSPS) is 15.8. The molecule has 0 bridgehead atoms. The van der Waals surface area contributed by atoms with Gasteiger partial charge in [0, 0.05) is 15.7 Å². The van der Waals surface area contributed by atoms with Gasteiger partial charge >= 0.3 is 0 Å². The van der Waals surface area contributed by atoms with Gasteiger partial charge in [0.15, 0.2) is 0 Å². The average molecular weight is 450 g/mol. The van der Waals surface area contributed by atoms with Gasteiger partial charge in [-0.3, -0.25) is 9.69 Å². The van der Waals surface area contributed by atoms with Crippen LogP contribution in [0.15, 0.2) is 48.5 Å². The zero-order valence-corrected chi connectivity index (χ0v) is 16.5. The first-order valence-electron chi connectivity index (χ1n) is 8.59. The van der Waals surface area contributed by atoms with Crippen molar-refractivity contribution in [1.29, 1.82) is 0 Å². The molecular weight excluding hydrogens is 427 g/mol. The highest BCUT2D eigenvalue weighted by Gasteiger charge is 2.24. The number of rotatable bonds is 6. The van der Waals surface area contributed by atoms with Crippen molar-refractivity contribution in [2.45, 2.75) is 18.9 Å². The van der Waals surface area contributed by atoms with E-state index in [9.17, 15) is 4.79 Å². The Morgan fingerprint density at radius 1 is 1.20 bits per heavy atom. The molecule has 0 radical (unpaired) electrons. The lowest BCUT2D eigenvalue weighted by molar-refractivity contribution is 0.0938. The van der Waals surface area contributed by atoms with Gasteiger partial charge in [-0.05, 0) is 84.4 Å². The fourth-order valence-electron chi connectivity index (χ4n) is 3.26. The summed E-state index contributed by atoms with van der Waals surface area (Å²) in [6.07, 6.45) is 2.44. The molecule has 2 aromatic rings. The van der Waals surface area contributed by atoms with Crippen molar-refractivity contribution in [3.63, 3.8) is 0 Å². The SMILES string of the molecule is COc1ccc(C(CNC(=O)c2cccc(I)c2)N2CCCC2)cc1. The fourth-order valence-corrected chi connectivity index (χ4v) is 3.80. The summed E-state index contributed by atoms with van der Waals surface area (Å²) >= 11 is 2.23. The van der Waals surface area contributed by atoms with Crippen LogP contribution in [0.25, 0.3) is 0 Å². The first kappa shape index (κ1) is 18.2. The van der Waals surface area contributed by atoms with E-state index in [2.05, 4.69) is 44.9 Å². The number of nitrogens with one attached hydrogen (secondary N) is 1. The molecule has 1 N–H and O–H groups in total. The minimum Gasteiger partial charge on any atom is -0.497 e. The van der Waals surface area contributed by atoms with E-state index >= 15 is 0 Å². The van der Waals surface area contributed by atoms with Crippen molar-refractivity contribution >= 4 is 28.5 Å². The molecule has 1 atom stereocenters. The molecule has 3 rings (SSSR count). The smallest absolute Gasteiger partial charge is 0.251 e. The maximum absolute atomic E-state index is 12.5. The van der Waals surface area contributed by atoms with Gasteiger partial charge in [0.2, 0.25) is 0 Å². The summed E-state index contributed by atoms with van der Waals surface area (Å²) in [5.74, 6) is 0.836. The third-order valence-electron chi connectivity index (χ3n) is 4.62. The standard InChI is InChI=1S/C20H23IN2O2/c1-25-18-9-7-15(8-10-18)19(23-11-2-3-12-23)14-22-20(24)16-5-4-6-17(21)13-16/h4-10,13,19H,2-3,11-12,14H2,1H3,(H,22,24). The molecule has 0 aliphatic carbocycles. The van der Waals surface area contributed by atoms with E-state index in [1.54, 1.807) is 7.11 Å². The molecule has 132 valence electrons. The number of ether oxygens (including phenoxy) is 1. The molecule has 1 saturated heterocycles. The lowest BCUT2D eigenvalue weighted by Crippen LogP contribution is -2.36. The molecule has 4 nitrogen and oxygen atoms in total. The molecule has 0 aromatic heterocycles. The Hall–Kier alpha value is -1.60. The van der Waals surface area contributed by atoms with Gasteiger partial charge < -0.3 is 10.1 Å². The molecule has 5 heteroatoms. The largest absolute Gasteiger partial charge is 0.497 e. The molecule has 2 aromatic carbocycles. The highest BCUT2D eigenvalue weighted by Crippen LogP contribution is 2.26. The highest BCUT2D eigenvalue weighted by atomic mass is 127. The van der Waals surface area contributed by atoms with E-state index < -0.39 is 0 Å². The van der Waals surface area contributed by atoms with Crippen LogP contribution in [0.5, 0.6) is 5.75 Å². The third-order valence-corrected chi connectivity index (χ3v) is 5.30. The lowest BCUT2D eigenvalue weighted by atomic mass is 10.0. The number of likely N-dealkylation sites (tertiary alicyclic amines) is 1. The molecule has 0 spiro atoms. The predicted molar refractivity (Wildman–Crippen MR) is 108 cm³/mol. The van der Waals surface area contributed by atoms with Gasteiger partial charge in [-0.1, -0.05) is 18.2 Å². The summed E-state index contributed by atoms with van der Waals surface area (Å²) in [6, 6.07) is 16.0. The summed E-state index contributed by atoms with van der Waals surface area (Å²) < 4.78 is 6.32. The summed E-state index contributed by atoms with van der Waals surface area (Å²) in [4.78, 5) is 15.0. The number of carbonyl (C=O) groups is 1. The van der Waals surface area contributed by atoms with Crippen molar-refractivity contribution in [1.82, 2.24) is 10.2 Å². The second kappa shape index (κ2) is 8.67. The number of halogens is 1. The van der Waals surface area contributed by atoms with Gasteiger partial charge in [0.25, 0.3) is 5.91 Å². The van der Waals surface area contributed by atoms with Crippen LogP contribution < -0.4 is 10.1 Å². The number of methoxy groups -OCH3 is 1. The van der Waals surface area contributed by atoms with Crippen LogP contribution >= 0.6 is 22.6 Å². The Balaban J connectivity index is 1.72. The quantitative estimate of drug-likeness (QED) is 0.680. The molecular formula is C20H23IN2O2. The molecule has 1 aliphatic rings. The van der Waals surface area contributed by atoms with Crippen molar-refractivity contribution in [2.75, 3.05) is 26.7 Å². The monoisotopic (exact) mass is 450 g/mol. The van der Waals surface area contributed by atoms with Crippen molar-refractivity contribution in [3.8, 4) is 5.75 Å². The Kier molecular flexibility index (Phi) is 6.31. The van der Waals surface area contributed by atoms with E-state index in [0.717, 1.165) is 22.4 Å². The lowest BCUT2D eigenvalue weighted by Gasteiger charge is -2.28. The zero-order chi connectivity index (χ0) is 17.6. The first-order valence-corrected chi connectivity index (χ1v) is 9.67. The van der Waals surface area contributed by atoms with Gasteiger partial charge in [0.1, 0.15) is 5.75 Å². The number of carbonyl (C=O) groups excluding carboxylic acids is 1. The second-order valence-corrected chi connectivity index (χ2v) is 7.50. The van der Waals surface area contributed by atoms with Crippen molar-refractivity contribution in [3.05, 3.63) is 63.2 Å². The van der Waals surface area contributed by atoms with Gasteiger partial charge in [-0.2, -0.15) is 0 Å². The van der Waals surface area contributed by atoms with E-state index in [0.29, 0.717) is 12.1 Å². The molecule has 1 amide bonds. The van der Waals surface area contributed by atoms with Crippen LogP contribution in [0.4, 0.5) is 0 Å². The highest BCUT2D eigenvalue weighted by molar-refractivity contribution is 14.1. The van der Waals surface area contributed by atoms with Crippen LogP contribution in [0.1, 0.15) is 34.8 Å². The molecule has 1 unspecified atom stereocenters.